The second kappa shape index (κ2) is 8.29. The van der Waals surface area contributed by atoms with Gasteiger partial charge in [0.15, 0.2) is 0 Å². The first kappa shape index (κ1) is 17.0. The van der Waals surface area contributed by atoms with E-state index in [0.717, 1.165) is 30.0 Å². The number of nitrogens with zero attached hydrogens (tertiary/aromatic N) is 1. The highest BCUT2D eigenvalue weighted by molar-refractivity contribution is 5.90. The van der Waals surface area contributed by atoms with Gasteiger partial charge in [0.25, 0.3) is 0 Å². The van der Waals surface area contributed by atoms with Gasteiger partial charge in [-0.2, -0.15) is 0 Å². The van der Waals surface area contributed by atoms with Gasteiger partial charge in [-0.15, -0.1) is 0 Å². The Kier molecular flexibility index (Phi) is 6.72. The summed E-state index contributed by atoms with van der Waals surface area (Å²) in [7, 11) is 0. The Morgan fingerprint density at radius 2 is 1.86 bits per heavy atom. The summed E-state index contributed by atoms with van der Waals surface area (Å²) in [5.41, 5.74) is 2.95. The van der Waals surface area contributed by atoms with Gasteiger partial charge >= 0.3 is 6.03 Å². The highest BCUT2D eigenvalue weighted by atomic mass is 16.2. The molecule has 1 aromatic carbocycles. The second-order valence-electron chi connectivity index (χ2n) is 5.00. The molecule has 0 saturated heterocycles. The van der Waals surface area contributed by atoms with Crippen LogP contribution in [0.5, 0.6) is 0 Å². The van der Waals surface area contributed by atoms with Crippen molar-refractivity contribution in [2.75, 3.05) is 29.9 Å². The molecular weight excluding hydrogens is 266 g/mol. The van der Waals surface area contributed by atoms with Crippen LogP contribution in [0.1, 0.15) is 32.8 Å². The number of benzene rings is 1. The van der Waals surface area contributed by atoms with Gasteiger partial charge < -0.3 is 15.5 Å². The number of anilines is 2. The van der Waals surface area contributed by atoms with E-state index in [1.165, 1.54) is 6.92 Å². The van der Waals surface area contributed by atoms with E-state index in [-0.39, 0.29) is 11.8 Å². The summed E-state index contributed by atoms with van der Waals surface area (Å²) in [6.07, 6.45) is 0.354. The third-order valence-corrected chi connectivity index (χ3v) is 3.35. The molecule has 1 aromatic rings. The van der Waals surface area contributed by atoms with E-state index in [2.05, 4.69) is 35.4 Å². The zero-order valence-corrected chi connectivity index (χ0v) is 13.3. The smallest absolute Gasteiger partial charge is 0.319 e. The lowest BCUT2D eigenvalue weighted by Gasteiger charge is -2.22. The van der Waals surface area contributed by atoms with Gasteiger partial charge in [-0.1, -0.05) is 0 Å². The first-order valence-electron chi connectivity index (χ1n) is 7.37. The number of hydrogen-bond donors (Lipinski definition) is 2. The van der Waals surface area contributed by atoms with Crippen LogP contribution >= 0.6 is 0 Å². The van der Waals surface area contributed by atoms with Crippen molar-refractivity contribution in [2.24, 2.45) is 0 Å². The predicted molar refractivity (Wildman–Crippen MR) is 87.1 cm³/mol. The summed E-state index contributed by atoms with van der Waals surface area (Å²) >= 11 is 0. The van der Waals surface area contributed by atoms with Gasteiger partial charge in [0.05, 0.1) is 0 Å². The number of Topliss-reactive ketones (excluding diaryl/α,β-unsaturated/α-hetero) is 1. The van der Waals surface area contributed by atoms with Crippen LogP contribution in [0.4, 0.5) is 16.2 Å². The van der Waals surface area contributed by atoms with E-state index in [4.69, 9.17) is 0 Å². The van der Waals surface area contributed by atoms with Gasteiger partial charge in [0.1, 0.15) is 5.78 Å². The van der Waals surface area contributed by atoms with Crippen molar-refractivity contribution in [1.29, 1.82) is 0 Å². The van der Waals surface area contributed by atoms with Gasteiger partial charge in [0, 0.05) is 37.4 Å². The van der Waals surface area contributed by atoms with Crippen LogP contribution in [0, 0.1) is 6.92 Å². The van der Waals surface area contributed by atoms with Gasteiger partial charge in [-0.05, 0) is 51.5 Å². The number of carbonyl (C=O) groups is 2. The summed E-state index contributed by atoms with van der Waals surface area (Å²) < 4.78 is 0. The number of nitrogens with one attached hydrogen (secondary N) is 2. The lowest BCUT2D eigenvalue weighted by Crippen LogP contribution is -2.30. The van der Waals surface area contributed by atoms with Crippen LogP contribution in [0.3, 0.4) is 0 Å². The van der Waals surface area contributed by atoms with Gasteiger partial charge in [-0.25, -0.2) is 4.79 Å². The molecule has 0 spiro atoms. The van der Waals surface area contributed by atoms with Crippen LogP contribution in [-0.4, -0.2) is 31.4 Å². The van der Waals surface area contributed by atoms with Crippen molar-refractivity contribution in [1.82, 2.24) is 5.32 Å². The maximum Gasteiger partial charge on any atom is 0.319 e. The number of rotatable bonds is 7. The topological polar surface area (TPSA) is 61.4 Å². The fourth-order valence-electron chi connectivity index (χ4n) is 2.09. The molecular formula is C16H25N3O2. The number of urea groups is 1. The molecule has 0 radical (unpaired) electrons. The fraction of sp³-hybridized carbons (Fsp3) is 0.500. The molecule has 0 unspecified atom stereocenters. The maximum absolute atomic E-state index is 11.7. The quantitative estimate of drug-likeness (QED) is 0.812. The molecule has 0 saturated carbocycles. The summed E-state index contributed by atoms with van der Waals surface area (Å²) in [4.78, 5) is 24.8. The summed E-state index contributed by atoms with van der Waals surface area (Å²) in [6, 6.07) is 5.70. The minimum absolute atomic E-state index is 0.0649. The fourth-order valence-corrected chi connectivity index (χ4v) is 2.09. The molecule has 0 aliphatic carbocycles. The third kappa shape index (κ3) is 5.45. The molecule has 21 heavy (non-hydrogen) atoms. The number of carbonyl (C=O) groups excluding carboxylic acids is 2. The van der Waals surface area contributed by atoms with Crippen LogP contribution < -0.4 is 15.5 Å². The Morgan fingerprint density at radius 1 is 1.19 bits per heavy atom. The van der Waals surface area contributed by atoms with Crippen molar-refractivity contribution in [3.8, 4) is 0 Å². The van der Waals surface area contributed by atoms with E-state index in [1.807, 2.05) is 19.1 Å². The lowest BCUT2D eigenvalue weighted by atomic mass is 10.1. The van der Waals surface area contributed by atoms with E-state index < -0.39 is 0 Å². The Balaban J connectivity index is 2.64. The number of aryl methyl sites for hydroxylation is 1. The highest BCUT2D eigenvalue weighted by Crippen LogP contribution is 2.22. The first-order valence-corrected chi connectivity index (χ1v) is 7.37. The van der Waals surface area contributed by atoms with Crippen LogP contribution in [-0.2, 0) is 4.79 Å². The summed E-state index contributed by atoms with van der Waals surface area (Å²) in [5, 5.41) is 5.47. The molecule has 5 heteroatoms. The zero-order valence-electron chi connectivity index (χ0n) is 13.3. The Morgan fingerprint density at radius 3 is 2.38 bits per heavy atom. The average Bonchev–Trinajstić information content (AvgIpc) is 2.42. The predicted octanol–water partition coefficient (Wildman–Crippen LogP) is 2.94. The first-order chi connectivity index (χ1) is 9.97. The van der Waals surface area contributed by atoms with Crippen LogP contribution in [0.15, 0.2) is 18.2 Å². The lowest BCUT2D eigenvalue weighted by molar-refractivity contribution is -0.116. The molecule has 0 bridgehead atoms. The molecule has 0 aromatic heterocycles. The molecule has 116 valence electrons. The monoisotopic (exact) mass is 291 g/mol. The standard InChI is InChI=1S/C16H25N3O2/c1-5-19(6-2)14-7-8-15(12(3)11-14)18-16(21)17-10-9-13(4)20/h7-8,11H,5-6,9-10H2,1-4H3,(H2,17,18,21). The largest absolute Gasteiger partial charge is 0.372 e. The molecule has 1 rings (SSSR count). The van der Waals surface area contributed by atoms with Crippen LogP contribution in [0.25, 0.3) is 0 Å². The van der Waals surface area contributed by atoms with Crippen LogP contribution in [0.2, 0.25) is 0 Å². The van der Waals surface area contributed by atoms with Crippen molar-refractivity contribution in [3.63, 3.8) is 0 Å². The molecule has 0 atom stereocenters. The summed E-state index contributed by atoms with van der Waals surface area (Å²) in [5.74, 6) is 0.0649. The normalized spacial score (nSPS) is 10.1. The average molecular weight is 291 g/mol. The molecule has 0 fully saturated rings. The van der Waals surface area contributed by atoms with Crippen molar-refractivity contribution < 1.29 is 9.59 Å². The number of ketones is 1. The molecule has 5 nitrogen and oxygen atoms in total. The Hall–Kier alpha value is -2.04. The van der Waals surface area contributed by atoms with Gasteiger partial charge in [-0.3, -0.25) is 4.79 Å². The minimum Gasteiger partial charge on any atom is -0.372 e. The third-order valence-electron chi connectivity index (χ3n) is 3.35. The Bertz CT molecular complexity index is 496. The molecule has 0 aliphatic heterocycles. The van der Waals surface area contributed by atoms with E-state index in [0.29, 0.717) is 13.0 Å². The number of amides is 2. The maximum atomic E-state index is 11.7. The number of hydrogen-bond acceptors (Lipinski definition) is 3. The zero-order chi connectivity index (χ0) is 15.8. The van der Waals surface area contributed by atoms with E-state index in [9.17, 15) is 9.59 Å². The molecule has 0 heterocycles. The highest BCUT2D eigenvalue weighted by Gasteiger charge is 2.07. The Labute approximate surface area is 126 Å². The molecule has 0 aliphatic rings. The second-order valence-corrected chi connectivity index (χ2v) is 5.00. The van der Waals surface area contributed by atoms with E-state index in [1.54, 1.807) is 0 Å². The van der Waals surface area contributed by atoms with Crippen molar-refractivity contribution in [2.45, 2.75) is 34.1 Å². The van der Waals surface area contributed by atoms with Crippen molar-refractivity contribution >= 4 is 23.2 Å². The van der Waals surface area contributed by atoms with Crippen molar-refractivity contribution in [3.05, 3.63) is 23.8 Å². The van der Waals surface area contributed by atoms with E-state index >= 15 is 0 Å². The minimum atomic E-state index is -0.282. The molecule has 2 N–H and O–H groups in total. The van der Waals surface area contributed by atoms with Gasteiger partial charge in [0.2, 0.25) is 0 Å². The SMILES string of the molecule is CCN(CC)c1ccc(NC(=O)NCCC(C)=O)c(C)c1. The summed E-state index contributed by atoms with van der Waals surface area (Å²) in [6.45, 7) is 9.98. The molecule has 2 amide bonds.